The van der Waals surface area contributed by atoms with Gasteiger partial charge < -0.3 is 10.8 Å². The molecule has 1 unspecified atom stereocenters. The van der Waals surface area contributed by atoms with E-state index in [9.17, 15) is 19.1 Å². The lowest BCUT2D eigenvalue weighted by molar-refractivity contribution is -0.114. The van der Waals surface area contributed by atoms with E-state index >= 15 is 0 Å². The standard InChI is InChI=1S/C26H28FNO3S/c1-16(18-9-11-19(12-10-18)26(30)31)32-22-5-3-2-4-21(22)24(25(28)29)23(32)15-8-17-6-13-20(27)14-7-17/h6-7,9-14,16,32H,2-5,8,15H2,1H3,(H2,28,29)(H,30,31)/t16-/m0/s1. The molecule has 168 valence electrons. The Morgan fingerprint density at radius 3 is 2.31 bits per heavy atom. The van der Waals surface area contributed by atoms with Crippen LogP contribution in [0.2, 0.25) is 0 Å². The molecule has 6 heteroatoms. The number of primary amides is 1. The van der Waals surface area contributed by atoms with Crippen molar-refractivity contribution in [3.63, 3.8) is 0 Å². The largest absolute Gasteiger partial charge is 0.478 e. The Labute approximate surface area is 190 Å². The zero-order chi connectivity index (χ0) is 22.8. The molecule has 2 aromatic carbocycles. The Morgan fingerprint density at radius 2 is 1.69 bits per heavy atom. The van der Waals surface area contributed by atoms with Gasteiger partial charge in [-0.2, -0.15) is 10.9 Å². The summed E-state index contributed by atoms with van der Waals surface area (Å²) in [5, 5.41) is 9.38. The second-order valence-corrected chi connectivity index (χ2v) is 11.0. The first-order chi connectivity index (χ1) is 15.4. The lowest BCUT2D eigenvalue weighted by Gasteiger charge is -2.32. The van der Waals surface area contributed by atoms with Crippen LogP contribution in [0.25, 0.3) is 0 Å². The second kappa shape index (κ2) is 9.33. The highest BCUT2D eigenvalue weighted by Gasteiger charge is 2.37. The Balaban J connectivity index is 1.70. The van der Waals surface area contributed by atoms with Gasteiger partial charge in [-0.15, -0.1) is 0 Å². The van der Waals surface area contributed by atoms with Crippen molar-refractivity contribution in [2.45, 2.75) is 50.7 Å². The predicted octanol–water partition coefficient (Wildman–Crippen LogP) is 5.80. The number of hydrogen-bond acceptors (Lipinski definition) is 2. The number of benzene rings is 2. The third kappa shape index (κ3) is 4.37. The van der Waals surface area contributed by atoms with E-state index in [4.69, 9.17) is 5.73 Å². The molecule has 4 nitrogen and oxygen atoms in total. The highest BCUT2D eigenvalue weighted by atomic mass is 32.2. The van der Waals surface area contributed by atoms with Crippen LogP contribution in [0.1, 0.15) is 65.8 Å². The van der Waals surface area contributed by atoms with Crippen LogP contribution in [0.5, 0.6) is 0 Å². The van der Waals surface area contributed by atoms with Crippen LogP contribution in [0.15, 0.2) is 69.5 Å². The van der Waals surface area contributed by atoms with E-state index in [1.807, 2.05) is 12.1 Å². The van der Waals surface area contributed by atoms with Crippen molar-refractivity contribution in [1.29, 1.82) is 0 Å². The minimum atomic E-state index is -0.941. The van der Waals surface area contributed by atoms with Gasteiger partial charge in [0.05, 0.1) is 11.1 Å². The van der Waals surface area contributed by atoms with E-state index in [1.54, 1.807) is 24.3 Å². The molecule has 1 aliphatic heterocycles. The number of rotatable bonds is 7. The molecule has 0 bridgehead atoms. The van der Waals surface area contributed by atoms with E-state index in [-0.39, 0.29) is 22.5 Å². The fourth-order valence-electron chi connectivity index (χ4n) is 4.85. The molecule has 2 aliphatic rings. The number of carboxylic acid groups (broad SMARTS) is 1. The first-order valence-corrected chi connectivity index (χ1v) is 12.4. The van der Waals surface area contributed by atoms with Crippen molar-refractivity contribution in [3.05, 3.63) is 92.0 Å². The lowest BCUT2D eigenvalue weighted by Crippen LogP contribution is -2.17. The molecule has 0 radical (unpaired) electrons. The number of carbonyl (C=O) groups is 2. The average Bonchev–Trinajstić information content (AvgIpc) is 3.12. The summed E-state index contributed by atoms with van der Waals surface area (Å²) in [6, 6.07) is 13.6. The number of thiol groups is 1. The summed E-state index contributed by atoms with van der Waals surface area (Å²) in [5.74, 6) is -1.56. The first kappa shape index (κ1) is 22.3. The van der Waals surface area contributed by atoms with Crippen LogP contribution in [0.4, 0.5) is 4.39 Å². The third-order valence-electron chi connectivity index (χ3n) is 6.45. The monoisotopic (exact) mass is 453 g/mol. The number of carbonyl (C=O) groups excluding carboxylic acids is 1. The molecule has 2 atom stereocenters. The van der Waals surface area contributed by atoms with Gasteiger partial charge in [0.2, 0.25) is 5.91 Å². The van der Waals surface area contributed by atoms with Crippen LogP contribution in [0, 0.1) is 5.82 Å². The molecule has 3 N–H and O–H groups in total. The fraction of sp³-hybridized carbons (Fsp3) is 0.308. The Kier molecular flexibility index (Phi) is 6.51. The van der Waals surface area contributed by atoms with Gasteiger partial charge in [0.25, 0.3) is 0 Å². The lowest BCUT2D eigenvalue weighted by atomic mass is 9.92. The number of halogens is 1. The molecular formula is C26H28FNO3S. The molecule has 0 fully saturated rings. The quantitative estimate of drug-likeness (QED) is 0.464. The number of hydrogen-bond donors (Lipinski definition) is 3. The third-order valence-corrected chi connectivity index (χ3v) is 9.62. The van der Waals surface area contributed by atoms with E-state index < -0.39 is 16.9 Å². The van der Waals surface area contributed by atoms with Crippen molar-refractivity contribution in [3.8, 4) is 0 Å². The molecule has 0 saturated carbocycles. The number of amides is 1. The Hall–Kier alpha value is -2.86. The number of aryl methyl sites for hydroxylation is 1. The van der Waals surface area contributed by atoms with Gasteiger partial charge >= 0.3 is 5.97 Å². The highest BCUT2D eigenvalue weighted by Crippen LogP contribution is 2.65. The van der Waals surface area contributed by atoms with Crippen LogP contribution in [-0.2, 0) is 11.2 Å². The zero-order valence-electron chi connectivity index (χ0n) is 18.1. The van der Waals surface area contributed by atoms with Gasteiger partial charge in [-0.1, -0.05) is 31.2 Å². The van der Waals surface area contributed by atoms with Crippen molar-refractivity contribution in [2.75, 3.05) is 0 Å². The van der Waals surface area contributed by atoms with Crippen molar-refractivity contribution < 1.29 is 19.1 Å². The number of carboxylic acids is 1. The Morgan fingerprint density at radius 1 is 1.03 bits per heavy atom. The summed E-state index contributed by atoms with van der Waals surface area (Å²) in [6.45, 7) is 2.17. The zero-order valence-corrected chi connectivity index (χ0v) is 19.0. The molecule has 2 aromatic rings. The molecule has 1 aliphatic carbocycles. The maximum Gasteiger partial charge on any atom is 0.335 e. The van der Waals surface area contributed by atoms with Crippen LogP contribution in [0.3, 0.4) is 0 Å². The summed E-state index contributed by atoms with van der Waals surface area (Å²) in [5.41, 5.74) is 10.1. The number of nitrogens with two attached hydrogens (primary N) is 1. The van der Waals surface area contributed by atoms with E-state index in [0.717, 1.165) is 59.3 Å². The Bertz CT molecular complexity index is 1100. The molecule has 32 heavy (non-hydrogen) atoms. The number of aromatic carboxylic acids is 1. The fourth-order valence-corrected chi connectivity index (χ4v) is 8.34. The molecule has 1 heterocycles. The summed E-state index contributed by atoms with van der Waals surface area (Å²) >= 11 is 0. The first-order valence-electron chi connectivity index (χ1n) is 11.0. The summed E-state index contributed by atoms with van der Waals surface area (Å²) in [4.78, 5) is 26.3. The molecule has 0 aromatic heterocycles. The smallest absolute Gasteiger partial charge is 0.335 e. The highest BCUT2D eigenvalue weighted by molar-refractivity contribution is 8.24. The molecule has 4 rings (SSSR count). The maximum absolute atomic E-state index is 13.3. The summed E-state index contributed by atoms with van der Waals surface area (Å²) in [6.07, 6.45) is 5.47. The topological polar surface area (TPSA) is 80.4 Å². The van der Waals surface area contributed by atoms with Gasteiger partial charge in [-0.05, 0) is 89.3 Å². The van der Waals surface area contributed by atoms with Gasteiger partial charge in [-0.3, -0.25) is 4.79 Å². The SMILES string of the molecule is C[C@@H](c1ccc(C(=O)O)cc1)[SH]1C2=C(CCCC2)C(C(N)=O)=C1CCc1ccc(F)cc1. The van der Waals surface area contributed by atoms with Gasteiger partial charge in [-0.25, -0.2) is 9.18 Å². The van der Waals surface area contributed by atoms with Gasteiger partial charge in [0.1, 0.15) is 5.82 Å². The van der Waals surface area contributed by atoms with Crippen molar-refractivity contribution in [2.24, 2.45) is 5.73 Å². The molecule has 0 saturated heterocycles. The van der Waals surface area contributed by atoms with Crippen molar-refractivity contribution in [1.82, 2.24) is 0 Å². The molecule has 1 amide bonds. The van der Waals surface area contributed by atoms with E-state index in [0.29, 0.717) is 6.42 Å². The molecule has 0 spiro atoms. The van der Waals surface area contributed by atoms with Crippen molar-refractivity contribution >= 4 is 22.8 Å². The average molecular weight is 454 g/mol. The van der Waals surface area contributed by atoms with Crippen LogP contribution >= 0.6 is 10.9 Å². The number of allylic oxidation sites excluding steroid dienone is 2. The normalized spacial score (nSPS) is 20.2. The van der Waals surface area contributed by atoms with Gasteiger partial charge in [0, 0.05) is 5.25 Å². The van der Waals surface area contributed by atoms with Crippen LogP contribution < -0.4 is 5.73 Å². The predicted molar refractivity (Wildman–Crippen MR) is 127 cm³/mol. The summed E-state index contributed by atoms with van der Waals surface area (Å²) < 4.78 is 13.3. The minimum absolute atomic E-state index is 0.149. The minimum Gasteiger partial charge on any atom is -0.478 e. The van der Waals surface area contributed by atoms with Crippen LogP contribution in [-0.4, -0.2) is 17.0 Å². The van der Waals surface area contributed by atoms with Gasteiger partial charge in [0.15, 0.2) is 0 Å². The maximum atomic E-state index is 13.3. The van der Waals surface area contributed by atoms with E-state index in [2.05, 4.69) is 6.92 Å². The second-order valence-electron chi connectivity index (χ2n) is 8.42. The van der Waals surface area contributed by atoms with E-state index in [1.165, 1.54) is 17.0 Å². The molecular weight excluding hydrogens is 425 g/mol. The summed E-state index contributed by atoms with van der Waals surface area (Å²) in [7, 11) is -0.766.